The number of hydrogen-bond donors (Lipinski definition) is 1. The number of aryl methyl sites for hydroxylation is 3. The Bertz CT molecular complexity index is 347. The molecule has 0 amide bonds. The van der Waals surface area contributed by atoms with Crippen LogP contribution in [0.5, 0.6) is 0 Å². The molecule has 1 nitrogen and oxygen atoms in total. The second-order valence-electron chi connectivity index (χ2n) is 4.80. The first-order valence-corrected chi connectivity index (χ1v) is 6.93. The van der Waals surface area contributed by atoms with Gasteiger partial charge in [-0.15, -0.1) is 0 Å². The lowest BCUT2D eigenvalue weighted by molar-refractivity contribution is 0.616. The summed E-state index contributed by atoms with van der Waals surface area (Å²) in [5.74, 6) is 0. The molecule has 1 aromatic carbocycles. The van der Waals surface area contributed by atoms with Crippen molar-refractivity contribution in [2.24, 2.45) is 0 Å². The number of unbranched alkanes of at least 4 members (excludes halogenated alkanes) is 3. The second kappa shape index (κ2) is 7.73. The highest BCUT2D eigenvalue weighted by atomic mass is 35.5. The normalized spacial score (nSPS) is 10.8. The van der Waals surface area contributed by atoms with E-state index in [1.165, 1.54) is 48.8 Å². The molecule has 0 aliphatic rings. The Morgan fingerprint density at radius 2 is 1.71 bits per heavy atom. The summed E-state index contributed by atoms with van der Waals surface area (Å²) in [7, 11) is 2.01. The molecule has 0 saturated carbocycles. The predicted molar refractivity (Wildman–Crippen MR) is 77.0 cm³/mol. The van der Waals surface area contributed by atoms with Crippen LogP contribution < -0.4 is 5.32 Å². The zero-order valence-electron chi connectivity index (χ0n) is 11.3. The minimum absolute atomic E-state index is 0.889. The van der Waals surface area contributed by atoms with Crippen LogP contribution in [-0.2, 0) is 6.42 Å². The Morgan fingerprint density at radius 1 is 1.00 bits per heavy atom. The highest BCUT2D eigenvalue weighted by Crippen LogP contribution is 2.21. The highest BCUT2D eigenvalue weighted by Gasteiger charge is 2.02. The van der Waals surface area contributed by atoms with Crippen molar-refractivity contribution in [3.05, 3.63) is 33.8 Å². The van der Waals surface area contributed by atoms with Gasteiger partial charge >= 0.3 is 0 Å². The molecule has 17 heavy (non-hydrogen) atoms. The van der Waals surface area contributed by atoms with E-state index in [2.05, 4.69) is 31.3 Å². The van der Waals surface area contributed by atoms with Gasteiger partial charge in [-0.05, 0) is 69.5 Å². The summed E-state index contributed by atoms with van der Waals surface area (Å²) >= 11 is 6.10. The Hall–Kier alpha value is -0.530. The number of benzene rings is 1. The fraction of sp³-hybridized carbons (Fsp3) is 0.600. The third-order valence-corrected chi connectivity index (χ3v) is 3.65. The Labute approximate surface area is 111 Å². The monoisotopic (exact) mass is 253 g/mol. The van der Waals surface area contributed by atoms with Crippen molar-refractivity contribution < 1.29 is 0 Å². The molecular formula is C15H24ClN. The van der Waals surface area contributed by atoms with Crippen LogP contribution in [0.15, 0.2) is 12.1 Å². The lowest BCUT2D eigenvalue weighted by Gasteiger charge is -2.08. The van der Waals surface area contributed by atoms with Crippen molar-refractivity contribution in [2.45, 2.75) is 46.0 Å². The number of rotatable bonds is 7. The molecule has 0 saturated heterocycles. The maximum absolute atomic E-state index is 6.10. The Kier molecular flexibility index (Phi) is 6.61. The summed E-state index contributed by atoms with van der Waals surface area (Å²) in [4.78, 5) is 0. The molecule has 2 heteroatoms. The van der Waals surface area contributed by atoms with Gasteiger partial charge in [0.2, 0.25) is 0 Å². The van der Waals surface area contributed by atoms with Crippen molar-refractivity contribution in [1.82, 2.24) is 5.32 Å². The number of halogens is 1. The molecule has 0 aliphatic heterocycles. The van der Waals surface area contributed by atoms with Crippen molar-refractivity contribution in [1.29, 1.82) is 0 Å². The second-order valence-corrected chi connectivity index (χ2v) is 5.20. The van der Waals surface area contributed by atoms with E-state index >= 15 is 0 Å². The van der Waals surface area contributed by atoms with Gasteiger partial charge in [0.1, 0.15) is 0 Å². The fourth-order valence-corrected chi connectivity index (χ4v) is 2.30. The van der Waals surface area contributed by atoms with Crippen molar-refractivity contribution in [3.8, 4) is 0 Å². The molecule has 0 bridgehead atoms. The number of nitrogens with one attached hydrogen (secondary N) is 1. The van der Waals surface area contributed by atoms with Crippen molar-refractivity contribution >= 4 is 11.6 Å². The standard InChI is InChI=1S/C15H24ClN/c1-12-11-15(16)13(2)10-14(12)8-6-4-5-7-9-17-3/h10-11,17H,4-9H2,1-3H3. The average Bonchev–Trinajstić information content (AvgIpc) is 2.30. The smallest absolute Gasteiger partial charge is 0.0438 e. The van der Waals surface area contributed by atoms with Crippen LogP contribution in [0, 0.1) is 13.8 Å². The fourth-order valence-electron chi connectivity index (χ4n) is 2.08. The molecule has 1 N–H and O–H groups in total. The summed E-state index contributed by atoms with van der Waals surface area (Å²) in [6, 6.07) is 4.33. The maximum atomic E-state index is 6.10. The van der Waals surface area contributed by atoms with Gasteiger partial charge in [-0.3, -0.25) is 0 Å². The molecule has 0 aliphatic carbocycles. The van der Waals surface area contributed by atoms with E-state index in [0.29, 0.717) is 0 Å². The molecule has 0 radical (unpaired) electrons. The van der Waals surface area contributed by atoms with E-state index in [9.17, 15) is 0 Å². The van der Waals surface area contributed by atoms with Crippen LogP contribution in [0.2, 0.25) is 5.02 Å². The van der Waals surface area contributed by atoms with Gasteiger partial charge in [0.25, 0.3) is 0 Å². The first-order chi connectivity index (χ1) is 8.15. The van der Waals surface area contributed by atoms with Crippen LogP contribution in [0.25, 0.3) is 0 Å². The number of hydrogen-bond acceptors (Lipinski definition) is 1. The summed E-state index contributed by atoms with van der Waals surface area (Å²) in [5, 5.41) is 4.07. The Balaban J connectivity index is 2.34. The largest absolute Gasteiger partial charge is 0.320 e. The van der Waals surface area contributed by atoms with E-state index in [-0.39, 0.29) is 0 Å². The summed E-state index contributed by atoms with van der Waals surface area (Å²) in [6.07, 6.45) is 6.40. The SMILES string of the molecule is CNCCCCCCc1cc(C)c(Cl)cc1C. The van der Waals surface area contributed by atoms with Gasteiger partial charge in [0.05, 0.1) is 0 Å². The molecule has 96 valence electrons. The van der Waals surface area contributed by atoms with Crippen LogP contribution in [0.3, 0.4) is 0 Å². The van der Waals surface area contributed by atoms with Crippen LogP contribution >= 0.6 is 11.6 Å². The maximum Gasteiger partial charge on any atom is 0.0438 e. The van der Waals surface area contributed by atoms with Gasteiger partial charge in [0, 0.05) is 5.02 Å². The molecule has 0 spiro atoms. The molecule has 0 heterocycles. The van der Waals surface area contributed by atoms with Gasteiger partial charge < -0.3 is 5.32 Å². The molecule has 0 unspecified atom stereocenters. The molecule has 0 aromatic heterocycles. The molecule has 0 fully saturated rings. The quantitative estimate of drug-likeness (QED) is 0.716. The lowest BCUT2D eigenvalue weighted by Crippen LogP contribution is -2.06. The van der Waals surface area contributed by atoms with E-state index in [0.717, 1.165) is 11.6 Å². The third kappa shape index (κ3) is 5.10. The minimum Gasteiger partial charge on any atom is -0.320 e. The van der Waals surface area contributed by atoms with Crippen LogP contribution in [-0.4, -0.2) is 13.6 Å². The van der Waals surface area contributed by atoms with E-state index < -0.39 is 0 Å². The van der Waals surface area contributed by atoms with E-state index in [1.807, 2.05) is 7.05 Å². The van der Waals surface area contributed by atoms with Crippen LogP contribution in [0.1, 0.15) is 42.4 Å². The van der Waals surface area contributed by atoms with Gasteiger partial charge in [-0.2, -0.15) is 0 Å². The average molecular weight is 254 g/mol. The van der Waals surface area contributed by atoms with Crippen LogP contribution in [0.4, 0.5) is 0 Å². The molecule has 1 rings (SSSR count). The third-order valence-electron chi connectivity index (χ3n) is 3.24. The van der Waals surface area contributed by atoms with Crippen molar-refractivity contribution in [2.75, 3.05) is 13.6 Å². The molecule has 0 atom stereocenters. The molecular weight excluding hydrogens is 230 g/mol. The topological polar surface area (TPSA) is 12.0 Å². The highest BCUT2D eigenvalue weighted by molar-refractivity contribution is 6.31. The van der Waals surface area contributed by atoms with Gasteiger partial charge in [0.15, 0.2) is 0 Å². The van der Waals surface area contributed by atoms with Crippen molar-refractivity contribution in [3.63, 3.8) is 0 Å². The molecule has 1 aromatic rings. The Morgan fingerprint density at radius 3 is 2.41 bits per heavy atom. The summed E-state index contributed by atoms with van der Waals surface area (Å²) < 4.78 is 0. The first-order valence-electron chi connectivity index (χ1n) is 6.55. The zero-order valence-corrected chi connectivity index (χ0v) is 12.0. The van der Waals surface area contributed by atoms with E-state index in [4.69, 9.17) is 11.6 Å². The minimum atomic E-state index is 0.889. The van der Waals surface area contributed by atoms with Gasteiger partial charge in [-0.25, -0.2) is 0 Å². The van der Waals surface area contributed by atoms with E-state index in [1.54, 1.807) is 0 Å². The zero-order chi connectivity index (χ0) is 12.7. The summed E-state index contributed by atoms with van der Waals surface area (Å²) in [6.45, 7) is 5.37. The lowest BCUT2D eigenvalue weighted by atomic mass is 9.99. The first kappa shape index (κ1) is 14.5. The summed E-state index contributed by atoms with van der Waals surface area (Å²) in [5.41, 5.74) is 3.98. The van der Waals surface area contributed by atoms with Gasteiger partial charge in [-0.1, -0.05) is 30.5 Å². The predicted octanol–water partition coefficient (Wildman–Crippen LogP) is 4.28.